The molecule has 5 rings (SSSR count). The molecule has 0 bridgehead atoms. The van der Waals surface area contributed by atoms with Crippen molar-refractivity contribution in [3.8, 4) is 0 Å². The van der Waals surface area contributed by atoms with Gasteiger partial charge in [0.25, 0.3) is 10.0 Å². The molecule has 2 aromatic heterocycles. The van der Waals surface area contributed by atoms with Crippen LogP contribution in [-0.4, -0.2) is 68.9 Å². The summed E-state index contributed by atoms with van der Waals surface area (Å²) >= 11 is 13.9. The molecule has 16 heteroatoms. The molecule has 0 atom stereocenters. The van der Waals surface area contributed by atoms with E-state index in [0.717, 1.165) is 69.4 Å². The molecule has 2 saturated heterocycles. The van der Waals surface area contributed by atoms with Gasteiger partial charge >= 0.3 is 5.97 Å². The number of piperidine rings is 2. The number of anilines is 1. The van der Waals surface area contributed by atoms with Crippen molar-refractivity contribution in [2.24, 2.45) is 11.8 Å². The molecule has 0 radical (unpaired) electrons. The molecule has 3 aliphatic rings. The molecule has 0 unspecified atom stereocenters. The monoisotopic (exact) mass is 786 g/mol. The van der Waals surface area contributed by atoms with Gasteiger partial charge in [-0.05, 0) is 94.4 Å². The normalized spacial score (nSPS) is 20.6. The van der Waals surface area contributed by atoms with Gasteiger partial charge in [-0.15, -0.1) is 11.3 Å². The van der Waals surface area contributed by atoms with Crippen molar-refractivity contribution >= 4 is 86.6 Å². The van der Waals surface area contributed by atoms with Crippen LogP contribution >= 0.6 is 54.8 Å². The van der Waals surface area contributed by atoms with Crippen LogP contribution < -0.4 is 9.62 Å². The van der Waals surface area contributed by atoms with Gasteiger partial charge in [0.1, 0.15) is 24.8 Å². The third kappa shape index (κ3) is 7.19. The predicted octanol–water partition coefficient (Wildman–Crippen LogP) is 5.70. The highest BCUT2D eigenvalue weighted by atomic mass is 79.9. The largest absolute Gasteiger partial charge is 0.480 e. The van der Waals surface area contributed by atoms with Crippen LogP contribution in [0.15, 0.2) is 36.4 Å². The van der Waals surface area contributed by atoms with Crippen molar-refractivity contribution in [3.05, 3.63) is 31.6 Å². The number of hydrogen-bond donors (Lipinski definition) is 2. The summed E-state index contributed by atoms with van der Waals surface area (Å²) in [7, 11) is -7.51. The van der Waals surface area contributed by atoms with Crippen LogP contribution in [0.4, 0.5) is 5.82 Å². The lowest BCUT2D eigenvalue weighted by Crippen LogP contribution is -2.43. The quantitative estimate of drug-likeness (QED) is 0.296. The molecule has 0 aromatic carbocycles. The zero-order valence-corrected chi connectivity index (χ0v) is 29.1. The van der Waals surface area contributed by atoms with Crippen LogP contribution in [0.25, 0.3) is 0 Å². The average molecular weight is 789 g/mol. The molecule has 1 aliphatic carbocycles. The van der Waals surface area contributed by atoms with E-state index in [1.807, 2.05) is 0 Å². The number of rotatable bonds is 11. The van der Waals surface area contributed by atoms with Crippen LogP contribution in [0.3, 0.4) is 0 Å². The Morgan fingerprint density at radius 3 is 2.12 bits per heavy atom. The van der Waals surface area contributed by atoms with Crippen LogP contribution in [0, 0.1) is 11.8 Å². The van der Waals surface area contributed by atoms with E-state index in [0.29, 0.717) is 44.0 Å². The van der Waals surface area contributed by atoms with E-state index < -0.39 is 31.6 Å². The van der Waals surface area contributed by atoms with Crippen molar-refractivity contribution in [1.82, 2.24) is 14.0 Å². The standard InChI is InChI=1S/C26H33Br2ClN4O6S3/c27-20-15-22(40-23(20)29)42(38,39)33-12-6-18(7-13-33)3-1-2-17-4-10-32(11-5-17)24-21(28)14-19(16-30-24)41(36,37)31-26(8-9-26)25(34)35/h14-18,31H,1-13H2,(H,34,35). The number of nitrogens with one attached hydrogen (secondary N) is 1. The molecule has 2 aliphatic heterocycles. The fourth-order valence-corrected chi connectivity index (χ4v) is 11.8. The van der Waals surface area contributed by atoms with Gasteiger partial charge in [-0.1, -0.05) is 30.9 Å². The van der Waals surface area contributed by atoms with Gasteiger partial charge in [0.05, 0.1) is 4.47 Å². The van der Waals surface area contributed by atoms with E-state index in [4.69, 9.17) is 11.6 Å². The first kappa shape index (κ1) is 32.6. The van der Waals surface area contributed by atoms with E-state index in [-0.39, 0.29) is 21.9 Å². The number of carbonyl (C=O) groups is 1. The second-order valence-electron chi connectivity index (χ2n) is 11.4. The van der Waals surface area contributed by atoms with Crippen molar-refractivity contribution in [2.75, 3.05) is 31.1 Å². The Labute approximate surface area is 272 Å². The minimum Gasteiger partial charge on any atom is -0.480 e. The third-order valence-electron chi connectivity index (χ3n) is 8.53. The molecule has 0 spiro atoms. The number of sulfonamides is 2. The number of thiophene rings is 1. The van der Waals surface area contributed by atoms with Gasteiger partial charge in [-0.25, -0.2) is 21.8 Å². The van der Waals surface area contributed by atoms with E-state index in [2.05, 4.69) is 46.5 Å². The highest BCUT2D eigenvalue weighted by molar-refractivity contribution is 9.11. The van der Waals surface area contributed by atoms with Crippen LogP contribution in [0.2, 0.25) is 4.34 Å². The predicted molar refractivity (Wildman–Crippen MR) is 169 cm³/mol. The number of aliphatic carboxylic acids is 1. The number of pyridine rings is 1. The lowest BCUT2D eigenvalue weighted by atomic mass is 9.87. The summed E-state index contributed by atoms with van der Waals surface area (Å²) in [6, 6.07) is 3.07. The van der Waals surface area contributed by atoms with Crippen molar-refractivity contribution in [1.29, 1.82) is 0 Å². The minimum absolute atomic E-state index is 0.0621. The number of aromatic nitrogens is 1. The lowest BCUT2D eigenvalue weighted by Gasteiger charge is -2.34. The summed E-state index contributed by atoms with van der Waals surface area (Å²) in [5, 5.41) is 9.32. The average Bonchev–Trinajstić information content (AvgIpc) is 3.65. The molecule has 4 heterocycles. The van der Waals surface area contributed by atoms with Crippen molar-refractivity contribution in [3.63, 3.8) is 0 Å². The maximum atomic E-state index is 13.0. The summed E-state index contributed by atoms with van der Waals surface area (Å²) in [6.07, 6.45) is 8.98. The molecule has 2 aromatic rings. The highest BCUT2D eigenvalue weighted by Gasteiger charge is 2.53. The number of carboxylic acids is 1. The zero-order valence-electron chi connectivity index (χ0n) is 22.8. The topological polar surface area (TPSA) is 137 Å². The SMILES string of the molecule is O=C(O)C1(NS(=O)(=O)c2cnc(N3CCC(CCCC4CCN(S(=O)(=O)c5cc(Br)c(Cl)s5)CC4)CC3)c(Br)c2)CC1. The Balaban J connectivity index is 1.05. The second kappa shape index (κ2) is 12.9. The Morgan fingerprint density at radius 1 is 1.02 bits per heavy atom. The van der Waals surface area contributed by atoms with Gasteiger partial charge in [0.2, 0.25) is 10.0 Å². The molecule has 2 N–H and O–H groups in total. The van der Waals surface area contributed by atoms with Gasteiger partial charge in [0, 0.05) is 36.8 Å². The fourth-order valence-electron chi connectivity index (χ4n) is 5.74. The van der Waals surface area contributed by atoms with Gasteiger partial charge in [-0.2, -0.15) is 9.03 Å². The molecule has 3 fully saturated rings. The van der Waals surface area contributed by atoms with Crippen LogP contribution in [-0.2, 0) is 24.8 Å². The van der Waals surface area contributed by atoms with Gasteiger partial charge < -0.3 is 10.0 Å². The van der Waals surface area contributed by atoms with E-state index in [9.17, 15) is 26.7 Å². The number of hydrogen-bond acceptors (Lipinski definition) is 8. The Morgan fingerprint density at radius 2 is 1.62 bits per heavy atom. The fraction of sp³-hybridized carbons (Fsp3) is 0.615. The van der Waals surface area contributed by atoms with Gasteiger partial charge in [0.15, 0.2) is 0 Å². The maximum absolute atomic E-state index is 13.0. The number of halogens is 3. The molecule has 1 saturated carbocycles. The van der Waals surface area contributed by atoms with Crippen molar-refractivity contribution < 1.29 is 26.7 Å². The molecule has 0 amide bonds. The van der Waals surface area contributed by atoms with Crippen LogP contribution in [0.5, 0.6) is 0 Å². The Bertz CT molecular complexity index is 1520. The lowest BCUT2D eigenvalue weighted by molar-refractivity contribution is -0.140. The molecule has 232 valence electrons. The van der Waals surface area contributed by atoms with Crippen molar-refractivity contribution in [2.45, 2.75) is 72.4 Å². The highest BCUT2D eigenvalue weighted by Crippen LogP contribution is 2.39. The first-order chi connectivity index (χ1) is 19.8. The summed E-state index contributed by atoms with van der Waals surface area (Å²) in [4.78, 5) is 17.9. The minimum atomic E-state index is -4.00. The van der Waals surface area contributed by atoms with Crippen LogP contribution in [0.1, 0.15) is 57.8 Å². The molecular formula is C26H33Br2ClN4O6S3. The number of carboxylic acid groups (broad SMARTS) is 1. The first-order valence-corrected chi connectivity index (χ1v) is 19.6. The second-order valence-corrected chi connectivity index (χ2v) is 18.6. The molecule has 42 heavy (non-hydrogen) atoms. The summed E-state index contributed by atoms with van der Waals surface area (Å²) in [6.45, 7) is 2.72. The molecule has 10 nitrogen and oxygen atoms in total. The Kier molecular flexibility index (Phi) is 10.0. The molecular weight excluding hydrogens is 756 g/mol. The smallest absolute Gasteiger partial charge is 0.324 e. The van der Waals surface area contributed by atoms with E-state index in [1.165, 1.54) is 12.3 Å². The van der Waals surface area contributed by atoms with E-state index in [1.54, 1.807) is 10.4 Å². The zero-order chi connectivity index (χ0) is 30.3. The first-order valence-electron chi connectivity index (χ1n) is 13.9. The van der Waals surface area contributed by atoms with E-state index >= 15 is 0 Å². The summed E-state index contributed by atoms with van der Waals surface area (Å²) in [5.41, 5.74) is -1.40. The third-order valence-corrected chi connectivity index (χ3v) is 15.4. The Hall–Kier alpha value is -0.810. The summed E-state index contributed by atoms with van der Waals surface area (Å²) < 4.78 is 57.2. The number of nitrogens with zero attached hydrogens (tertiary/aromatic N) is 3. The maximum Gasteiger partial charge on any atom is 0.324 e. The summed E-state index contributed by atoms with van der Waals surface area (Å²) in [5.74, 6) is 0.663. The van der Waals surface area contributed by atoms with Gasteiger partial charge in [-0.3, -0.25) is 4.79 Å².